The molecule has 1 heteroatoms. The van der Waals surface area contributed by atoms with Gasteiger partial charge in [-0.25, -0.2) is 0 Å². The molecule has 212 valence electrons. The van der Waals surface area contributed by atoms with Gasteiger partial charge in [-0.15, -0.1) is 0 Å². The molecule has 0 saturated carbocycles. The molecular formula is C34H71N. The summed E-state index contributed by atoms with van der Waals surface area (Å²) < 4.78 is 0. The van der Waals surface area contributed by atoms with Crippen molar-refractivity contribution in [2.24, 2.45) is 5.73 Å². The number of hydrogen-bond acceptors (Lipinski definition) is 1. The van der Waals surface area contributed by atoms with Crippen molar-refractivity contribution >= 4 is 0 Å². The smallest absolute Gasteiger partial charge is 0.0154 e. The third-order valence-electron chi connectivity index (χ3n) is 8.30. The predicted molar refractivity (Wildman–Crippen MR) is 162 cm³/mol. The lowest BCUT2D eigenvalue weighted by Gasteiger charge is -2.29. The van der Waals surface area contributed by atoms with Crippen molar-refractivity contribution in [3.63, 3.8) is 0 Å². The van der Waals surface area contributed by atoms with Crippen LogP contribution in [0.3, 0.4) is 0 Å². The van der Waals surface area contributed by atoms with Gasteiger partial charge in [0, 0.05) is 5.54 Å². The van der Waals surface area contributed by atoms with Crippen LogP contribution in [0.5, 0.6) is 0 Å². The van der Waals surface area contributed by atoms with Crippen LogP contribution in [0.4, 0.5) is 0 Å². The van der Waals surface area contributed by atoms with Gasteiger partial charge in [0.05, 0.1) is 0 Å². The van der Waals surface area contributed by atoms with E-state index in [1.165, 1.54) is 193 Å². The van der Waals surface area contributed by atoms with Gasteiger partial charge in [-0.2, -0.15) is 0 Å². The predicted octanol–water partition coefficient (Wildman–Crippen LogP) is 12.4. The first kappa shape index (κ1) is 35.0. The van der Waals surface area contributed by atoms with Gasteiger partial charge in [0.15, 0.2) is 0 Å². The van der Waals surface area contributed by atoms with Gasteiger partial charge in [-0.1, -0.05) is 194 Å². The molecule has 0 aromatic heterocycles. The second-order valence-electron chi connectivity index (χ2n) is 12.1. The Morgan fingerprint density at radius 3 is 0.743 bits per heavy atom. The maximum Gasteiger partial charge on any atom is 0.0154 e. The summed E-state index contributed by atoms with van der Waals surface area (Å²) >= 11 is 0. The quantitative estimate of drug-likeness (QED) is 0.0989. The Balaban J connectivity index is 3.54. The second-order valence-corrected chi connectivity index (χ2v) is 12.1. The lowest BCUT2D eigenvalue weighted by molar-refractivity contribution is 0.310. The van der Waals surface area contributed by atoms with E-state index < -0.39 is 0 Å². The highest BCUT2D eigenvalue weighted by molar-refractivity contribution is 4.83. The first-order chi connectivity index (χ1) is 17.2. The van der Waals surface area contributed by atoms with Crippen molar-refractivity contribution in [2.45, 2.75) is 219 Å². The molecule has 0 rings (SSSR count). The van der Waals surface area contributed by atoms with E-state index in [9.17, 15) is 0 Å². The Morgan fingerprint density at radius 1 is 0.286 bits per heavy atom. The van der Waals surface area contributed by atoms with Crippen LogP contribution in [0.15, 0.2) is 0 Å². The van der Waals surface area contributed by atoms with E-state index in [2.05, 4.69) is 20.8 Å². The van der Waals surface area contributed by atoms with Crippen LogP contribution in [0.1, 0.15) is 213 Å². The van der Waals surface area contributed by atoms with Crippen LogP contribution in [-0.2, 0) is 0 Å². The summed E-state index contributed by atoms with van der Waals surface area (Å²) in [4.78, 5) is 0. The van der Waals surface area contributed by atoms with Crippen molar-refractivity contribution in [3.05, 3.63) is 0 Å². The van der Waals surface area contributed by atoms with Crippen LogP contribution >= 0.6 is 0 Å². The molecule has 0 aromatic rings. The zero-order chi connectivity index (χ0) is 25.7. The third kappa shape index (κ3) is 26.8. The van der Waals surface area contributed by atoms with Gasteiger partial charge in [0.1, 0.15) is 0 Å². The Labute approximate surface area is 224 Å². The van der Waals surface area contributed by atoms with Gasteiger partial charge in [-0.3, -0.25) is 0 Å². The minimum absolute atomic E-state index is 0.129. The molecule has 35 heavy (non-hydrogen) atoms. The molecular weight excluding hydrogens is 422 g/mol. The normalized spacial score (nSPS) is 12.0. The van der Waals surface area contributed by atoms with Crippen LogP contribution in [-0.4, -0.2) is 5.54 Å². The summed E-state index contributed by atoms with van der Waals surface area (Å²) in [5, 5.41) is 0. The fourth-order valence-corrected chi connectivity index (χ4v) is 5.86. The summed E-state index contributed by atoms with van der Waals surface area (Å²) in [5.41, 5.74) is 7.02. The standard InChI is InChI=1S/C34H71N/c1-4-7-9-11-13-15-17-19-21-23-25-27-29-32-34(35,31-6-3)33-30-28-26-24-22-20-18-16-14-12-10-8-5-2/h4-33,35H2,1-3H3. The molecule has 0 radical (unpaired) electrons. The van der Waals surface area contributed by atoms with Crippen molar-refractivity contribution in [3.8, 4) is 0 Å². The van der Waals surface area contributed by atoms with Crippen LogP contribution in [0, 0.1) is 0 Å². The van der Waals surface area contributed by atoms with Crippen LogP contribution in [0.2, 0.25) is 0 Å². The summed E-state index contributed by atoms with van der Waals surface area (Å²) in [6, 6.07) is 0. The van der Waals surface area contributed by atoms with Gasteiger partial charge >= 0.3 is 0 Å². The summed E-state index contributed by atoms with van der Waals surface area (Å²) in [6.45, 7) is 6.92. The zero-order valence-electron chi connectivity index (χ0n) is 25.3. The highest BCUT2D eigenvalue weighted by Gasteiger charge is 2.22. The topological polar surface area (TPSA) is 26.0 Å². The molecule has 0 aliphatic heterocycles. The molecule has 0 aliphatic rings. The van der Waals surface area contributed by atoms with E-state index in [4.69, 9.17) is 5.73 Å². The Hall–Kier alpha value is -0.0400. The van der Waals surface area contributed by atoms with E-state index in [1.54, 1.807) is 0 Å². The molecule has 0 spiro atoms. The number of nitrogens with two attached hydrogens (primary N) is 1. The third-order valence-corrected chi connectivity index (χ3v) is 8.30. The summed E-state index contributed by atoms with van der Waals surface area (Å²) in [7, 11) is 0. The maximum absolute atomic E-state index is 6.89. The number of rotatable bonds is 30. The number of unbranched alkanes of at least 4 members (excludes halogenated alkanes) is 24. The van der Waals surface area contributed by atoms with Crippen molar-refractivity contribution in [2.75, 3.05) is 0 Å². The minimum Gasteiger partial charge on any atom is -0.325 e. The first-order valence-corrected chi connectivity index (χ1v) is 17.0. The Kier molecular flexibility index (Phi) is 28.5. The molecule has 0 unspecified atom stereocenters. The molecule has 0 bridgehead atoms. The van der Waals surface area contributed by atoms with Crippen molar-refractivity contribution in [1.82, 2.24) is 0 Å². The van der Waals surface area contributed by atoms with E-state index in [1.807, 2.05) is 0 Å². The Bertz CT molecular complexity index is 347. The first-order valence-electron chi connectivity index (χ1n) is 17.0. The van der Waals surface area contributed by atoms with E-state index in [0.29, 0.717) is 0 Å². The molecule has 0 aliphatic carbocycles. The molecule has 0 atom stereocenters. The average Bonchev–Trinajstić information content (AvgIpc) is 2.85. The highest BCUT2D eigenvalue weighted by atomic mass is 14.7. The van der Waals surface area contributed by atoms with Crippen LogP contribution < -0.4 is 5.73 Å². The molecule has 0 aromatic carbocycles. The highest BCUT2D eigenvalue weighted by Crippen LogP contribution is 2.26. The average molecular weight is 494 g/mol. The van der Waals surface area contributed by atoms with Crippen LogP contribution in [0.25, 0.3) is 0 Å². The van der Waals surface area contributed by atoms with E-state index in [-0.39, 0.29) is 5.54 Å². The Morgan fingerprint density at radius 2 is 0.514 bits per heavy atom. The van der Waals surface area contributed by atoms with Gasteiger partial charge < -0.3 is 5.73 Å². The van der Waals surface area contributed by atoms with Gasteiger partial charge in [0.2, 0.25) is 0 Å². The monoisotopic (exact) mass is 494 g/mol. The lowest BCUT2D eigenvalue weighted by atomic mass is 9.83. The fourth-order valence-electron chi connectivity index (χ4n) is 5.86. The van der Waals surface area contributed by atoms with E-state index in [0.717, 1.165) is 0 Å². The lowest BCUT2D eigenvalue weighted by Crippen LogP contribution is -2.39. The van der Waals surface area contributed by atoms with Crippen molar-refractivity contribution < 1.29 is 0 Å². The van der Waals surface area contributed by atoms with E-state index >= 15 is 0 Å². The van der Waals surface area contributed by atoms with Gasteiger partial charge in [0.25, 0.3) is 0 Å². The number of hydrogen-bond donors (Lipinski definition) is 1. The summed E-state index contributed by atoms with van der Waals surface area (Å²) in [5.74, 6) is 0. The van der Waals surface area contributed by atoms with Gasteiger partial charge in [-0.05, 0) is 19.3 Å². The summed E-state index contributed by atoms with van der Waals surface area (Å²) in [6.07, 6.45) is 42.3. The zero-order valence-corrected chi connectivity index (χ0v) is 25.3. The molecule has 2 N–H and O–H groups in total. The molecule has 0 amide bonds. The largest absolute Gasteiger partial charge is 0.325 e. The molecule has 0 heterocycles. The fraction of sp³-hybridized carbons (Fsp3) is 1.00. The second kappa shape index (κ2) is 28.5. The molecule has 0 saturated heterocycles. The molecule has 0 fully saturated rings. The van der Waals surface area contributed by atoms with Crippen molar-refractivity contribution in [1.29, 1.82) is 0 Å². The molecule has 1 nitrogen and oxygen atoms in total. The maximum atomic E-state index is 6.89. The SMILES string of the molecule is CCCCCCCCCCCCCCCC(N)(CCC)CCCCCCCCCCCCCCC. The minimum atomic E-state index is 0.129.